The molecule has 3 N–H and O–H groups in total. The number of aliphatic carboxylic acids is 1. The lowest BCUT2D eigenvalue weighted by Gasteiger charge is -2.26. The Morgan fingerprint density at radius 2 is 1.89 bits per heavy atom. The van der Waals surface area contributed by atoms with Gasteiger partial charge in [-0.05, 0) is 37.0 Å². The average Bonchev–Trinajstić information content (AvgIpc) is 2.26. The van der Waals surface area contributed by atoms with Crippen LogP contribution in [0.3, 0.4) is 0 Å². The zero-order valence-electron chi connectivity index (χ0n) is 12.2. The molecule has 0 bridgehead atoms. The van der Waals surface area contributed by atoms with Gasteiger partial charge < -0.3 is 15.6 Å². The molecule has 2 unspecified atom stereocenters. The highest BCUT2D eigenvalue weighted by Gasteiger charge is 2.32. The maximum Gasteiger partial charge on any atom is 0.308 e. The summed E-state index contributed by atoms with van der Waals surface area (Å²) in [5.74, 6) is -0.880. The Hall–Kier alpha value is -1.55. The molecule has 0 amide bonds. The van der Waals surface area contributed by atoms with Gasteiger partial charge in [-0.25, -0.2) is 0 Å². The highest BCUT2D eigenvalue weighted by atomic mass is 16.5. The number of rotatable bonds is 5. The van der Waals surface area contributed by atoms with Crippen LogP contribution in [0.2, 0.25) is 0 Å². The Balaban J connectivity index is 3.32. The van der Waals surface area contributed by atoms with E-state index in [0.717, 1.165) is 16.7 Å². The van der Waals surface area contributed by atoms with E-state index in [4.69, 9.17) is 10.5 Å². The molecule has 4 heteroatoms. The van der Waals surface area contributed by atoms with Crippen LogP contribution in [0, 0.1) is 25.7 Å². The van der Waals surface area contributed by atoms with Crippen molar-refractivity contribution in [3.8, 4) is 5.75 Å². The van der Waals surface area contributed by atoms with Crippen molar-refractivity contribution in [1.29, 1.82) is 0 Å². The summed E-state index contributed by atoms with van der Waals surface area (Å²) in [7, 11) is 1.58. The number of carboxylic acid groups (broad SMARTS) is 1. The number of hydrogen-bond acceptors (Lipinski definition) is 3. The molecule has 1 aromatic rings. The second-order valence-electron chi connectivity index (χ2n) is 5.33. The Labute approximate surface area is 114 Å². The molecular formula is C15H23NO3. The van der Waals surface area contributed by atoms with Crippen LogP contribution in [0.1, 0.15) is 36.6 Å². The summed E-state index contributed by atoms with van der Waals surface area (Å²) in [6.45, 7) is 7.65. The first kappa shape index (κ1) is 15.5. The Morgan fingerprint density at radius 3 is 2.32 bits per heavy atom. The highest BCUT2D eigenvalue weighted by molar-refractivity contribution is 5.72. The Kier molecular flexibility index (Phi) is 4.95. The summed E-state index contributed by atoms with van der Waals surface area (Å²) in [5.41, 5.74) is 9.03. The number of carbonyl (C=O) groups is 1. The van der Waals surface area contributed by atoms with Gasteiger partial charge in [0.15, 0.2) is 0 Å². The first-order valence-electron chi connectivity index (χ1n) is 6.43. The summed E-state index contributed by atoms with van der Waals surface area (Å²) < 4.78 is 5.36. The van der Waals surface area contributed by atoms with Crippen molar-refractivity contribution in [3.05, 3.63) is 28.8 Å². The minimum Gasteiger partial charge on any atom is -0.496 e. The fourth-order valence-electron chi connectivity index (χ4n) is 2.57. The summed E-state index contributed by atoms with van der Waals surface area (Å²) in [5, 5.41) is 9.36. The van der Waals surface area contributed by atoms with Crippen LogP contribution >= 0.6 is 0 Å². The lowest BCUT2D eigenvalue weighted by Crippen LogP contribution is -2.33. The zero-order valence-corrected chi connectivity index (χ0v) is 12.2. The van der Waals surface area contributed by atoms with Crippen molar-refractivity contribution < 1.29 is 14.6 Å². The van der Waals surface area contributed by atoms with Gasteiger partial charge in [0.2, 0.25) is 0 Å². The molecule has 4 nitrogen and oxygen atoms in total. The van der Waals surface area contributed by atoms with Crippen molar-refractivity contribution in [1.82, 2.24) is 0 Å². The summed E-state index contributed by atoms with van der Waals surface area (Å²) in [6, 6.07) is 3.31. The lowest BCUT2D eigenvalue weighted by molar-refractivity contribution is -0.144. The fraction of sp³-hybridized carbons (Fsp3) is 0.533. The van der Waals surface area contributed by atoms with E-state index in [1.165, 1.54) is 0 Å². The molecule has 0 saturated carbocycles. The van der Waals surface area contributed by atoms with E-state index >= 15 is 0 Å². The van der Waals surface area contributed by atoms with E-state index in [-0.39, 0.29) is 5.92 Å². The summed E-state index contributed by atoms with van der Waals surface area (Å²) in [6.07, 6.45) is 0. The van der Waals surface area contributed by atoms with Crippen LogP contribution in [0.5, 0.6) is 5.75 Å². The van der Waals surface area contributed by atoms with Crippen LogP contribution in [-0.2, 0) is 4.79 Å². The van der Waals surface area contributed by atoms with Crippen molar-refractivity contribution in [2.75, 3.05) is 7.11 Å². The van der Waals surface area contributed by atoms with Crippen LogP contribution in [0.25, 0.3) is 0 Å². The Morgan fingerprint density at radius 1 is 1.32 bits per heavy atom. The molecular weight excluding hydrogens is 242 g/mol. The van der Waals surface area contributed by atoms with Gasteiger partial charge in [-0.3, -0.25) is 4.79 Å². The first-order valence-corrected chi connectivity index (χ1v) is 6.43. The highest BCUT2D eigenvalue weighted by Crippen LogP contribution is 2.35. The predicted molar refractivity (Wildman–Crippen MR) is 75.4 cm³/mol. The number of carboxylic acids is 1. The average molecular weight is 265 g/mol. The molecule has 0 aromatic heterocycles. The van der Waals surface area contributed by atoms with Crippen molar-refractivity contribution >= 4 is 5.97 Å². The molecule has 0 heterocycles. The third-order valence-electron chi connectivity index (χ3n) is 3.44. The van der Waals surface area contributed by atoms with Crippen molar-refractivity contribution in [2.45, 2.75) is 33.7 Å². The van der Waals surface area contributed by atoms with E-state index in [1.54, 1.807) is 7.11 Å². The number of benzene rings is 1. The first-order chi connectivity index (χ1) is 8.79. The van der Waals surface area contributed by atoms with Crippen molar-refractivity contribution in [2.24, 2.45) is 17.6 Å². The quantitative estimate of drug-likeness (QED) is 0.858. The fourth-order valence-corrected chi connectivity index (χ4v) is 2.57. The number of hydrogen-bond donors (Lipinski definition) is 2. The number of ether oxygens (including phenoxy) is 1. The largest absolute Gasteiger partial charge is 0.496 e. The van der Waals surface area contributed by atoms with E-state index in [1.807, 2.05) is 39.8 Å². The molecule has 106 valence electrons. The molecule has 19 heavy (non-hydrogen) atoms. The SMILES string of the molecule is COc1cc(C)cc(C)c1C(N)C(C(=O)O)C(C)C. The van der Waals surface area contributed by atoms with Gasteiger partial charge in [0, 0.05) is 11.6 Å². The standard InChI is InChI=1S/C15H23NO3/c1-8(2)12(15(17)18)14(16)13-10(4)6-9(3)7-11(13)19-5/h6-8,12,14H,16H2,1-5H3,(H,17,18). The summed E-state index contributed by atoms with van der Waals surface area (Å²) >= 11 is 0. The van der Waals surface area contributed by atoms with Crippen LogP contribution in [0.4, 0.5) is 0 Å². The van der Waals surface area contributed by atoms with Gasteiger partial charge in [0.05, 0.1) is 13.0 Å². The lowest BCUT2D eigenvalue weighted by atomic mass is 9.83. The van der Waals surface area contributed by atoms with E-state index in [2.05, 4.69) is 0 Å². The molecule has 0 saturated heterocycles. The topological polar surface area (TPSA) is 72.5 Å². The molecule has 0 spiro atoms. The second-order valence-corrected chi connectivity index (χ2v) is 5.33. The third kappa shape index (κ3) is 3.26. The molecule has 0 aliphatic rings. The number of nitrogens with two attached hydrogens (primary N) is 1. The number of aryl methyl sites for hydroxylation is 2. The van der Waals surface area contributed by atoms with Gasteiger partial charge in [0.1, 0.15) is 5.75 Å². The van der Waals surface area contributed by atoms with Gasteiger partial charge >= 0.3 is 5.97 Å². The van der Waals surface area contributed by atoms with Gasteiger partial charge in [-0.15, -0.1) is 0 Å². The summed E-state index contributed by atoms with van der Waals surface area (Å²) in [4.78, 5) is 11.4. The molecule has 0 aliphatic heterocycles. The van der Waals surface area contributed by atoms with Gasteiger partial charge in [0.25, 0.3) is 0 Å². The Bertz CT molecular complexity index is 469. The normalized spacial score (nSPS) is 14.3. The van der Waals surface area contributed by atoms with E-state index in [9.17, 15) is 9.90 Å². The molecule has 2 atom stereocenters. The molecule has 0 aliphatic carbocycles. The maximum atomic E-state index is 11.4. The molecule has 1 rings (SSSR count). The zero-order chi connectivity index (χ0) is 14.7. The molecule has 1 aromatic carbocycles. The molecule has 0 radical (unpaired) electrons. The van der Waals surface area contributed by atoms with Crippen LogP contribution in [0.15, 0.2) is 12.1 Å². The van der Waals surface area contributed by atoms with Crippen LogP contribution in [-0.4, -0.2) is 18.2 Å². The third-order valence-corrected chi connectivity index (χ3v) is 3.44. The number of methoxy groups -OCH3 is 1. The molecule has 0 fully saturated rings. The minimum absolute atomic E-state index is 0.0436. The smallest absolute Gasteiger partial charge is 0.308 e. The maximum absolute atomic E-state index is 11.4. The van der Waals surface area contributed by atoms with Gasteiger partial charge in [-0.1, -0.05) is 19.9 Å². The van der Waals surface area contributed by atoms with E-state index in [0.29, 0.717) is 5.75 Å². The van der Waals surface area contributed by atoms with Crippen molar-refractivity contribution in [3.63, 3.8) is 0 Å². The second kappa shape index (κ2) is 6.06. The van der Waals surface area contributed by atoms with E-state index < -0.39 is 17.9 Å². The predicted octanol–water partition coefficient (Wildman–Crippen LogP) is 2.67. The van der Waals surface area contributed by atoms with Gasteiger partial charge in [-0.2, -0.15) is 0 Å². The monoisotopic (exact) mass is 265 g/mol. The minimum atomic E-state index is -0.871. The van der Waals surface area contributed by atoms with Crippen LogP contribution < -0.4 is 10.5 Å².